The maximum Gasteiger partial charge on any atom is 0.235 e. The standard InChI is InChI=1S/C31H26O7/c1-34-24-15-13-22(17-26(24)35-2)29-28(33)27(32)23-14-16-25(36-18-20-9-5-3-6-10-20)31(30(23)38-29)37-19-21-11-7-4-8-12-21/h3-17,33H,18-19H2,1-2H3. The molecule has 0 spiro atoms. The monoisotopic (exact) mass is 510 g/mol. The van der Waals surface area contributed by atoms with Crippen LogP contribution >= 0.6 is 0 Å². The molecule has 4 aromatic carbocycles. The quantitative estimate of drug-likeness (QED) is 0.248. The minimum absolute atomic E-state index is 0.0202. The van der Waals surface area contributed by atoms with Crippen LogP contribution in [0, 0.1) is 0 Å². The second-order valence-electron chi connectivity index (χ2n) is 8.50. The molecule has 38 heavy (non-hydrogen) atoms. The molecule has 1 N–H and O–H groups in total. The van der Waals surface area contributed by atoms with Crippen LogP contribution in [0.1, 0.15) is 11.1 Å². The summed E-state index contributed by atoms with van der Waals surface area (Å²) in [6, 6.07) is 27.5. The van der Waals surface area contributed by atoms with Gasteiger partial charge in [-0.25, -0.2) is 0 Å². The predicted molar refractivity (Wildman–Crippen MR) is 144 cm³/mol. The number of rotatable bonds is 9. The molecule has 0 fully saturated rings. The maximum atomic E-state index is 13.3. The van der Waals surface area contributed by atoms with Crippen molar-refractivity contribution in [3.8, 4) is 40.1 Å². The van der Waals surface area contributed by atoms with E-state index in [-0.39, 0.29) is 29.1 Å². The third kappa shape index (κ3) is 4.99. The van der Waals surface area contributed by atoms with Gasteiger partial charge < -0.3 is 28.5 Å². The zero-order chi connectivity index (χ0) is 26.5. The van der Waals surface area contributed by atoms with Gasteiger partial charge in [-0.2, -0.15) is 0 Å². The van der Waals surface area contributed by atoms with Gasteiger partial charge in [0, 0.05) is 5.56 Å². The Morgan fingerprint density at radius 1 is 0.711 bits per heavy atom. The highest BCUT2D eigenvalue weighted by Crippen LogP contribution is 2.41. The molecule has 5 rings (SSSR count). The summed E-state index contributed by atoms with van der Waals surface area (Å²) in [6.07, 6.45) is 0. The van der Waals surface area contributed by atoms with E-state index in [0.29, 0.717) is 29.4 Å². The molecule has 192 valence electrons. The molecular weight excluding hydrogens is 484 g/mol. The Balaban J connectivity index is 1.64. The van der Waals surface area contributed by atoms with E-state index in [0.717, 1.165) is 11.1 Å². The summed E-state index contributed by atoms with van der Waals surface area (Å²) in [4.78, 5) is 13.3. The largest absolute Gasteiger partial charge is 0.502 e. The predicted octanol–water partition coefficient (Wildman–Crippen LogP) is 6.34. The summed E-state index contributed by atoms with van der Waals surface area (Å²) in [6.45, 7) is 0.511. The summed E-state index contributed by atoms with van der Waals surface area (Å²) < 4.78 is 29.2. The molecule has 7 heteroatoms. The van der Waals surface area contributed by atoms with Crippen LogP contribution in [0.15, 0.2) is 100 Å². The van der Waals surface area contributed by atoms with Gasteiger partial charge in [0.2, 0.25) is 16.9 Å². The molecule has 0 unspecified atom stereocenters. The van der Waals surface area contributed by atoms with Gasteiger partial charge >= 0.3 is 0 Å². The van der Waals surface area contributed by atoms with Crippen molar-refractivity contribution in [2.24, 2.45) is 0 Å². The Bertz CT molecular complexity index is 1610. The lowest BCUT2D eigenvalue weighted by Gasteiger charge is -2.16. The van der Waals surface area contributed by atoms with Gasteiger partial charge in [0.25, 0.3) is 0 Å². The van der Waals surface area contributed by atoms with Crippen LogP contribution < -0.4 is 24.4 Å². The lowest BCUT2D eigenvalue weighted by Crippen LogP contribution is -2.06. The smallest absolute Gasteiger partial charge is 0.235 e. The van der Waals surface area contributed by atoms with Crippen molar-refractivity contribution < 1.29 is 28.5 Å². The van der Waals surface area contributed by atoms with E-state index in [1.807, 2.05) is 60.7 Å². The molecule has 1 aromatic heterocycles. The van der Waals surface area contributed by atoms with Crippen molar-refractivity contribution in [3.63, 3.8) is 0 Å². The van der Waals surface area contributed by atoms with E-state index >= 15 is 0 Å². The van der Waals surface area contributed by atoms with Gasteiger partial charge in [-0.05, 0) is 41.5 Å². The summed E-state index contributed by atoms with van der Waals surface area (Å²) in [5, 5.41) is 11.0. The molecule has 0 bridgehead atoms. The van der Waals surface area contributed by atoms with Crippen molar-refractivity contribution in [1.29, 1.82) is 0 Å². The zero-order valence-corrected chi connectivity index (χ0v) is 21.0. The van der Waals surface area contributed by atoms with Crippen LogP contribution in [-0.2, 0) is 13.2 Å². The van der Waals surface area contributed by atoms with Crippen molar-refractivity contribution in [2.75, 3.05) is 14.2 Å². The SMILES string of the molecule is COc1ccc(-c2oc3c(OCc4ccccc4)c(OCc4ccccc4)ccc3c(=O)c2O)cc1OC. The van der Waals surface area contributed by atoms with Crippen molar-refractivity contribution in [1.82, 2.24) is 0 Å². The molecule has 0 aliphatic carbocycles. The number of hydrogen-bond acceptors (Lipinski definition) is 7. The van der Waals surface area contributed by atoms with E-state index in [9.17, 15) is 9.90 Å². The zero-order valence-electron chi connectivity index (χ0n) is 21.0. The molecule has 0 amide bonds. The summed E-state index contributed by atoms with van der Waals surface area (Å²) in [5.41, 5.74) is 1.91. The topological polar surface area (TPSA) is 87.4 Å². The first-order chi connectivity index (χ1) is 18.6. The fourth-order valence-corrected chi connectivity index (χ4v) is 4.09. The van der Waals surface area contributed by atoms with Gasteiger partial charge in [-0.1, -0.05) is 60.7 Å². The Hall–Kier alpha value is -4.91. The highest BCUT2D eigenvalue weighted by atomic mass is 16.5. The molecule has 0 aliphatic rings. The van der Waals surface area contributed by atoms with Crippen LogP contribution in [-0.4, -0.2) is 19.3 Å². The molecule has 0 radical (unpaired) electrons. The first kappa shape index (κ1) is 24.8. The van der Waals surface area contributed by atoms with Crippen LogP contribution in [0.3, 0.4) is 0 Å². The lowest BCUT2D eigenvalue weighted by atomic mass is 10.1. The number of ether oxygens (including phenoxy) is 4. The Morgan fingerprint density at radius 3 is 1.95 bits per heavy atom. The molecule has 0 saturated heterocycles. The fourth-order valence-electron chi connectivity index (χ4n) is 4.09. The first-order valence-corrected chi connectivity index (χ1v) is 12.0. The van der Waals surface area contributed by atoms with Crippen LogP contribution in [0.25, 0.3) is 22.3 Å². The van der Waals surface area contributed by atoms with Gasteiger partial charge in [0.1, 0.15) is 13.2 Å². The third-order valence-electron chi connectivity index (χ3n) is 6.06. The summed E-state index contributed by atoms with van der Waals surface area (Å²) in [7, 11) is 3.03. The molecule has 1 heterocycles. The van der Waals surface area contributed by atoms with E-state index < -0.39 is 11.2 Å². The molecule has 5 aromatic rings. The van der Waals surface area contributed by atoms with Crippen LogP contribution in [0.5, 0.6) is 28.7 Å². The van der Waals surface area contributed by atoms with Crippen molar-refractivity contribution >= 4 is 11.0 Å². The molecule has 0 saturated carbocycles. The van der Waals surface area contributed by atoms with Crippen LogP contribution in [0.2, 0.25) is 0 Å². The second kappa shape index (κ2) is 11.0. The summed E-state index contributed by atoms with van der Waals surface area (Å²) in [5.74, 6) is 1.06. The minimum atomic E-state index is -0.588. The highest BCUT2D eigenvalue weighted by molar-refractivity contribution is 5.88. The van der Waals surface area contributed by atoms with Gasteiger partial charge in [-0.3, -0.25) is 4.79 Å². The van der Waals surface area contributed by atoms with E-state index in [4.69, 9.17) is 23.4 Å². The fraction of sp³-hybridized carbons (Fsp3) is 0.129. The van der Waals surface area contributed by atoms with E-state index in [1.54, 1.807) is 30.3 Å². The van der Waals surface area contributed by atoms with Crippen molar-refractivity contribution in [2.45, 2.75) is 13.2 Å². The Labute approximate surface area is 219 Å². The number of methoxy groups -OCH3 is 2. The highest BCUT2D eigenvalue weighted by Gasteiger charge is 2.22. The number of fused-ring (bicyclic) bond motifs is 1. The number of aromatic hydroxyl groups is 1. The van der Waals surface area contributed by atoms with Gasteiger partial charge in [0.15, 0.2) is 28.6 Å². The molecular formula is C31H26O7. The lowest BCUT2D eigenvalue weighted by molar-refractivity contribution is 0.255. The molecule has 0 atom stereocenters. The second-order valence-corrected chi connectivity index (χ2v) is 8.50. The average molecular weight is 511 g/mol. The number of benzene rings is 4. The number of hydrogen-bond donors (Lipinski definition) is 1. The normalized spacial score (nSPS) is 10.8. The van der Waals surface area contributed by atoms with Crippen molar-refractivity contribution in [3.05, 3.63) is 112 Å². The maximum absolute atomic E-state index is 13.3. The third-order valence-corrected chi connectivity index (χ3v) is 6.06. The van der Waals surface area contributed by atoms with E-state index in [1.165, 1.54) is 14.2 Å². The molecule has 0 aliphatic heterocycles. The van der Waals surface area contributed by atoms with Crippen LogP contribution in [0.4, 0.5) is 0 Å². The van der Waals surface area contributed by atoms with Gasteiger partial charge in [-0.15, -0.1) is 0 Å². The minimum Gasteiger partial charge on any atom is -0.502 e. The van der Waals surface area contributed by atoms with E-state index in [2.05, 4.69) is 0 Å². The Kier molecular flexibility index (Phi) is 7.17. The first-order valence-electron chi connectivity index (χ1n) is 12.0. The molecule has 7 nitrogen and oxygen atoms in total. The Morgan fingerprint density at radius 2 is 1.32 bits per heavy atom. The average Bonchev–Trinajstić information content (AvgIpc) is 2.97. The van der Waals surface area contributed by atoms with Gasteiger partial charge in [0.05, 0.1) is 19.6 Å². The summed E-state index contributed by atoms with van der Waals surface area (Å²) >= 11 is 0.